The van der Waals surface area contributed by atoms with Crippen molar-refractivity contribution in [1.29, 1.82) is 0 Å². The summed E-state index contributed by atoms with van der Waals surface area (Å²) in [6, 6.07) is 13.1. The molecular weight excluding hydrogens is 241 g/mol. The van der Waals surface area contributed by atoms with E-state index in [1.165, 1.54) is 0 Å². The lowest BCUT2D eigenvalue weighted by molar-refractivity contribution is -0.135. The number of fused-ring (bicyclic) bond motifs is 1. The van der Waals surface area contributed by atoms with Gasteiger partial charge in [-0.2, -0.15) is 0 Å². The van der Waals surface area contributed by atoms with Crippen molar-refractivity contribution in [2.75, 3.05) is 13.1 Å². The van der Waals surface area contributed by atoms with E-state index in [1.807, 2.05) is 36.4 Å². The molecule has 1 heterocycles. The van der Waals surface area contributed by atoms with E-state index in [4.69, 9.17) is 0 Å². The lowest BCUT2D eigenvalue weighted by Crippen LogP contribution is -2.31. The van der Waals surface area contributed by atoms with Crippen LogP contribution in [0.3, 0.4) is 0 Å². The summed E-state index contributed by atoms with van der Waals surface area (Å²) in [4.78, 5) is 13.8. The lowest BCUT2D eigenvalue weighted by atomic mass is 10.0. The fourth-order valence-corrected chi connectivity index (χ4v) is 2.70. The molecule has 1 fully saturated rings. The number of amides is 1. The van der Waals surface area contributed by atoms with Crippen molar-refractivity contribution in [1.82, 2.24) is 4.90 Å². The molecule has 19 heavy (non-hydrogen) atoms. The predicted molar refractivity (Wildman–Crippen MR) is 73.6 cm³/mol. The summed E-state index contributed by atoms with van der Waals surface area (Å²) < 4.78 is 14.5. The monoisotopic (exact) mass is 257 g/mol. The summed E-state index contributed by atoms with van der Waals surface area (Å²) >= 11 is 0. The Hall–Kier alpha value is -1.90. The van der Waals surface area contributed by atoms with Crippen molar-refractivity contribution in [2.45, 2.75) is 19.0 Å². The Labute approximate surface area is 111 Å². The third kappa shape index (κ3) is 2.21. The Morgan fingerprint density at radius 1 is 1.05 bits per heavy atom. The molecule has 1 aliphatic rings. The largest absolute Gasteiger partial charge is 0.340 e. The van der Waals surface area contributed by atoms with E-state index >= 15 is 0 Å². The fraction of sp³-hybridized carbons (Fsp3) is 0.312. The van der Waals surface area contributed by atoms with Crippen LogP contribution in [0.1, 0.15) is 24.6 Å². The molecule has 1 saturated heterocycles. The first-order chi connectivity index (χ1) is 9.27. The Balaban J connectivity index is 1.97. The maximum Gasteiger partial charge on any atom is 0.261 e. The highest BCUT2D eigenvalue weighted by Crippen LogP contribution is 2.29. The first-order valence-corrected chi connectivity index (χ1v) is 6.68. The number of rotatable bonds is 2. The van der Waals surface area contributed by atoms with Gasteiger partial charge in [0.05, 0.1) is 0 Å². The molecule has 1 aliphatic heterocycles. The van der Waals surface area contributed by atoms with Gasteiger partial charge in [0.1, 0.15) is 0 Å². The van der Waals surface area contributed by atoms with Gasteiger partial charge >= 0.3 is 0 Å². The molecule has 3 heteroatoms. The number of nitrogens with zero attached hydrogens (tertiary/aromatic N) is 1. The maximum atomic E-state index is 14.5. The number of halogens is 1. The Morgan fingerprint density at radius 3 is 2.53 bits per heavy atom. The van der Waals surface area contributed by atoms with Crippen LogP contribution in [0.5, 0.6) is 0 Å². The second-order valence-corrected chi connectivity index (χ2v) is 4.96. The van der Waals surface area contributed by atoms with E-state index in [2.05, 4.69) is 0 Å². The van der Waals surface area contributed by atoms with Gasteiger partial charge < -0.3 is 4.90 Å². The Bertz CT molecular complexity index is 599. The number of alkyl halides is 1. The normalized spacial score (nSPS) is 16.8. The third-order valence-corrected chi connectivity index (χ3v) is 3.73. The quantitative estimate of drug-likeness (QED) is 0.806. The van der Waals surface area contributed by atoms with Crippen molar-refractivity contribution >= 4 is 16.7 Å². The van der Waals surface area contributed by atoms with Crippen molar-refractivity contribution in [3.63, 3.8) is 0 Å². The first kappa shape index (κ1) is 12.2. The minimum atomic E-state index is -1.55. The van der Waals surface area contributed by atoms with Crippen LogP contribution >= 0.6 is 0 Å². The van der Waals surface area contributed by atoms with Crippen molar-refractivity contribution < 1.29 is 9.18 Å². The zero-order chi connectivity index (χ0) is 13.2. The van der Waals surface area contributed by atoms with E-state index in [0.29, 0.717) is 18.7 Å². The SMILES string of the molecule is O=C(C(F)c1cccc2ccccc12)N1CCCC1. The minimum Gasteiger partial charge on any atom is -0.340 e. The van der Waals surface area contributed by atoms with Crippen molar-refractivity contribution in [2.24, 2.45) is 0 Å². The molecular formula is C16H16FNO. The molecule has 2 nitrogen and oxygen atoms in total. The standard InChI is InChI=1S/C16H16FNO/c17-15(16(19)18-10-3-4-11-18)14-9-5-7-12-6-1-2-8-13(12)14/h1-2,5-9,15H,3-4,10-11H2. The van der Waals surface area contributed by atoms with Gasteiger partial charge in [-0.15, -0.1) is 0 Å². The predicted octanol–water partition coefficient (Wildman–Crippen LogP) is 3.47. The molecule has 0 spiro atoms. The first-order valence-electron chi connectivity index (χ1n) is 6.68. The Kier molecular flexibility index (Phi) is 3.20. The molecule has 1 unspecified atom stereocenters. The van der Waals surface area contributed by atoms with Crippen LogP contribution in [-0.2, 0) is 4.79 Å². The minimum absolute atomic E-state index is 0.395. The number of carbonyl (C=O) groups excluding carboxylic acids is 1. The summed E-state index contributed by atoms with van der Waals surface area (Å²) in [5.41, 5.74) is 0.481. The average Bonchev–Trinajstić information content (AvgIpc) is 2.99. The second kappa shape index (κ2) is 5.00. The zero-order valence-corrected chi connectivity index (χ0v) is 10.7. The van der Waals surface area contributed by atoms with Crippen LogP contribution in [0.15, 0.2) is 42.5 Å². The van der Waals surface area contributed by atoms with E-state index in [9.17, 15) is 9.18 Å². The molecule has 0 N–H and O–H groups in total. The van der Waals surface area contributed by atoms with E-state index in [1.54, 1.807) is 11.0 Å². The highest BCUT2D eigenvalue weighted by atomic mass is 19.1. The summed E-state index contributed by atoms with van der Waals surface area (Å²) in [6.07, 6.45) is 0.409. The molecule has 2 aromatic rings. The van der Waals surface area contributed by atoms with Crippen LogP contribution < -0.4 is 0 Å². The summed E-state index contributed by atoms with van der Waals surface area (Å²) in [5, 5.41) is 1.79. The smallest absolute Gasteiger partial charge is 0.261 e. The summed E-state index contributed by atoms with van der Waals surface area (Å²) in [6.45, 7) is 1.37. The average molecular weight is 257 g/mol. The number of hydrogen-bond acceptors (Lipinski definition) is 1. The van der Waals surface area contributed by atoms with E-state index in [-0.39, 0.29) is 0 Å². The van der Waals surface area contributed by atoms with Crippen LogP contribution in [0.4, 0.5) is 4.39 Å². The highest BCUT2D eigenvalue weighted by Gasteiger charge is 2.28. The van der Waals surface area contributed by atoms with E-state index < -0.39 is 12.1 Å². The molecule has 1 atom stereocenters. The fourth-order valence-electron chi connectivity index (χ4n) is 2.70. The molecule has 0 bridgehead atoms. The van der Waals surface area contributed by atoms with Crippen LogP contribution in [-0.4, -0.2) is 23.9 Å². The number of benzene rings is 2. The molecule has 3 rings (SSSR count). The molecule has 0 saturated carbocycles. The van der Waals surface area contributed by atoms with Gasteiger partial charge in [-0.1, -0.05) is 42.5 Å². The van der Waals surface area contributed by atoms with Gasteiger partial charge in [-0.3, -0.25) is 4.79 Å². The molecule has 0 aliphatic carbocycles. The van der Waals surface area contributed by atoms with Crippen LogP contribution in [0, 0.1) is 0 Å². The van der Waals surface area contributed by atoms with Gasteiger partial charge in [0, 0.05) is 18.7 Å². The number of carbonyl (C=O) groups is 1. The van der Waals surface area contributed by atoms with Gasteiger partial charge in [-0.25, -0.2) is 4.39 Å². The molecule has 1 amide bonds. The Morgan fingerprint density at radius 2 is 1.74 bits per heavy atom. The summed E-state index contributed by atoms with van der Waals surface area (Å²) in [7, 11) is 0. The molecule has 98 valence electrons. The molecule has 0 radical (unpaired) electrons. The lowest BCUT2D eigenvalue weighted by Gasteiger charge is -2.19. The number of hydrogen-bond donors (Lipinski definition) is 0. The van der Waals surface area contributed by atoms with Crippen molar-refractivity contribution in [3.8, 4) is 0 Å². The topological polar surface area (TPSA) is 20.3 Å². The zero-order valence-electron chi connectivity index (χ0n) is 10.7. The highest BCUT2D eigenvalue weighted by molar-refractivity contribution is 5.92. The van der Waals surface area contributed by atoms with Gasteiger partial charge in [-0.05, 0) is 23.6 Å². The maximum absolute atomic E-state index is 14.5. The third-order valence-electron chi connectivity index (χ3n) is 3.73. The van der Waals surface area contributed by atoms with Gasteiger partial charge in [0.15, 0.2) is 0 Å². The van der Waals surface area contributed by atoms with Crippen LogP contribution in [0.25, 0.3) is 10.8 Å². The summed E-state index contributed by atoms with van der Waals surface area (Å²) in [5.74, 6) is -0.395. The second-order valence-electron chi connectivity index (χ2n) is 4.96. The van der Waals surface area contributed by atoms with Gasteiger partial charge in [0.2, 0.25) is 6.17 Å². The van der Waals surface area contributed by atoms with Crippen LogP contribution in [0.2, 0.25) is 0 Å². The number of likely N-dealkylation sites (tertiary alicyclic amines) is 1. The van der Waals surface area contributed by atoms with E-state index in [0.717, 1.165) is 23.6 Å². The molecule has 0 aromatic heterocycles. The van der Waals surface area contributed by atoms with Gasteiger partial charge in [0.25, 0.3) is 5.91 Å². The molecule has 2 aromatic carbocycles. The van der Waals surface area contributed by atoms with Crippen molar-refractivity contribution in [3.05, 3.63) is 48.0 Å².